The molecular formula is C10H11F3O3S. The Kier molecular flexibility index (Phi) is 3.83. The summed E-state index contributed by atoms with van der Waals surface area (Å²) in [5, 5.41) is 0. The summed E-state index contributed by atoms with van der Waals surface area (Å²) in [6, 6.07) is 4.46. The highest BCUT2D eigenvalue weighted by Gasteiger charge is 2.32. The average molecular weight is 268 g/mol. The molecule has 0 heterocycles. The Hall–Kier alpha value is -1.08. The maximum absolute atomic E-state index is 11.9. The second-order valence-corrected chi connectivity index (χ2v) is 5.18. The van der Waals surface area contributed by atoms with Gasteiger partial charge in [0.15, 0.2) is 6.61 Å². The fraction of sp³-hybridized carbons (Fsp3) is 0.400. The Morgan fingerprint density at radius 1 is 1.24 bits per heavy atom. The summed E-state index contributed by atoms with van der Waals surface area (Å²) in [5.74, 6) is 0. The summed E-state index contributed by atoms with van der Waals surface area (Å²) in [5.41, 5.74) is 0.975. The van der Waals surface area contributed by atoms with Crippen LogP contribution in [-0.4, -0.2) is 21.2 Å². The molecule has 0 aliphatic rings. The first-order chi connectivity index (χ1) is 7.62. The van der Waals surface area contributed by atoms with E-state index in [-0.39, 0.29) is 4.90 Å². The van der Waals surface area contributed by atoms with Gasteiger partial charge in [-0.15, -0.1) is 0 Å². The van der Waals surface area contributed by atoms with Crippen molar-refractivity contribution in [2.75, 3.05) is 6.61 Å². The second-order valence-electron chi connectivity index (χ2n) is 3.60. The third kappa shape index (κ3) is 4.01. The van der Waals surface area contributed by atoms with Crippen molar-refractivity contribution in [2.24, 2.45) is 0 Å². The lowest BCUT2D eigenvalue weighted by Crippen LogP contribution is -2.21. The van der Waals surface area contributed by atoms with Gasteiger partial charge < -0.3 is 0 Å². The average Bonchev–Trinajstić information content (AvgIpc) is 2.18. The smallest absolute Gasteiger partial charge is 0.257 e. The molecular weight excluding hydrogens is 257 g/mol. The first kappa shape index (κ1) is 14.0. The number of hydrogen-bond acceptors (Lipinski definition) is 3. The van der Waals surface area contributed by atoms with Gasteiger partial charge in [-0.1, -0.05) is 12.1 Å². The molecule has 0 aliphatic carbocycles. The number of hydrogen-bond donors (Lipinski definition) is 0. The van der Waals surface area contributed by atoms with Crippen LogP contribution >= 0.6 is 0 Å². The lowest BCUT2D eigenvalue weighted by atomic mass is 10.2. The molecule has 3 nitrogen and oxygen atoms in total. The lowest BCUT2D eigenvalue weighted by Gasteiger charge is -2.10. The van der Waals surface area contributed by atoms with Crippen molar-refractivity contribution in [1.82, 2.24) is 0 Å². The van der Waals surface area contributed by atoms with Gasteiger partial charge in [0.2, 0.25) is 0 Å². The maximum atomic E-state index is 11.9. The Morgan fingerprint density at radius 2 is 1.82 bits per heavy atom. The standard InChI is InChI=1S/C10H11F3O3S/c1-7-3-4-8(2)9(5-7)17(14,15)16-6-10(11,12)13/h3-5H,6H2,1-2H3. The van der Waals surface area contributed by atoms with Crippen LogP contribution < -0.4 is 0 Å². The molecule has 0 bridgehead atoms. The van der Waals surface area contributed by atoms with Gasteiger partial charge in [-0.2, -0.15) is 21.6 Å². The van der Waals surface area contributed by atoms with Crippen LogP contribution in [0.3, 0.4) is 0 Å². The van der Waals surface area contributed by atoms with Crippen LogP contribution in [0, 0.1) is 13.8 Å². The van der Waals surface area contributed by atoms with Crippen LogP contribution in [-0.2, 0) is 14.3 Å². The minimum Gasteiger partial charge on any atom is -0.257 e. The summed E-state index contributed by atoms with van der Waals surface area (Å²) >= 11 is 0. The minimum absolute atomic E-state index is 0.234. The van der Waals surface area contributed by atoms with E-state index in [1.165, 1.54) is 19.1 Å². The monoisotopic (exact) mass is 268 g/mol. The van der Waals surface area contributed by atoms with E-state index < -0.39 is 22.9 Å². The third-order valence-corrected chi connectivity index (χ3v) is 3.40. The fourth-order valence-electron chi connectivity index (χ4n) is 1.18. The summed E-state index contributed by atoms with van der Waals surface area (Å²) in [7, 11) is -4.37. The van der Waals surface area contributed by atoms with Crippen molar-refractivity contribution < 1.29 is 25.8 Å². The molecule has 0 amide bonds. The second kappa shape index (κ2) is 4.66. The minimum atomic E-state index is -4.68. The van der Waals surface area contributed by atoms with Crippen LogP contribution in [0.25, 0.3) is 0 Å². The van der Waals surface area contributed by atoms with Gasteiger partial charge in [0.25, 0.3) is 10.1 Å². The predicted molar refractivity (Wildman–Crippen MR) is 55.1 cm³/mol. The quantitative estimate of drug-likeness (QED) is 0.791. The van der Waals surface area contributed by atoms with Gasteiger partial charge in [0, 0.05) is 0 Å². The van der Waals surface area contributed by atoms with Crippen LogP contribution in [0.2, 0.25) is 0 Å². The molecule has 1 rings (SSSR count). The number of rotatable bonds is 3. The van der Waals surface area contributed by atoms with Crippen molar-refractivity contribution in [3.8, 4) is 0 Å². The molecule has 0 aromatic heterocycles. The first-order valence-electron chi connectivity index (χ1n) is 4.65. The van der Waals surface area contributed by atoms with E-state index in [1.807, 2.05) is 0 Å². The summed E-state index contributed by atoms with van der Waals surface area (Å²) < 4.78 is 62.7. The molecule has 0 aliphatic heterocycles. The number of benzene rings is 1. The van der Waals surface area contributed by atoms with E-state index in [0.717, 1.165) is 0 Å². The molecule has 7 heteroatoms. The zero-order chi connectivity index (χ0) is 13.3. The van der Waals surface area contributed by atoms with Gasteiger partial charge in [-0.05, 0) is 31.0 Å². The summed E-state index contributed by atoms with van der Waals surface area (Å²) in [4.78, 5) is -0.234. The molecule has 0 atom stereocenters. The fourth-order valence-corrected chi connectivity index (χ4v) is 2.39. The Balaban J connectivity index is 3.02. The molecule has 0 unspecified atom stereocenters. The molecule has 1 aromatic rings. The van der Waals surface area contributed by atoms with Crippen molar-refractivity contribution in [3.63, 3.8) is 0 Å². The van der Waals surface area contributed by atoms with Crippen molar-refractivity contribution in [3.05, 3.63) is 29.3 Å². The SMILES string of the molecule is Cc1ccc(C)c(S(=O)(=O)OCC(F)(F)F)c1. The van der Waals surface area contributed by atoms with Gasteiger partial charge in [0.05, 0.1) is 4.90 Å². The lowest BCUT2D eigenvalue weighted by molar-refractivity contribution is -0.152. The molecule has 0 saturated carbocycles. The van der Waals surface area contributed by atoms with E-state index in [4.69, 9.17) is 0 Å². The van der Waals surface area contributed by atoms with E-state index in [9.17, 15) is 21.6 Å². The zero-order valence-electron chi connectivity index (χ0n) is 9.21. The Morgan fingerprint density at radius 3 is 2.35 bits per heavy atom. The molecule has 0 spiro atoms. The first-order valence-corrected chi connectivity index (χ1v) is 6.06. The molecule has 17 heavy (non-hydrogen) atoms. The van der Waals surface area contributed by atoms with Crippen LogP contribution in [0.1, 0.15) is 11.1 Å². The van der Waals surface area contributed by atoms with E-state index in [1.54, 1.807) is 13.0 Å². The zero-order valence-corrected chi connectivity index (χ0v) is 10.0. The largest absolute Gasteiger partial charge is 0.413 e. The molecule has 0 radical (unpaired) electrons. The van der Waals surface area contributed by atoms with Crippen LogP contribution in [0.4, 0.5) is 13.2 Å². The topological polar surface area (TPSA) is 43.4 Å². The number of alkyl halides is 3. The van der Waals surface area contributed by atoms with E-state index >= 15 is 0 Å². The highest BCUT2D eigenvalue weighted by Crippen LogP contribution is 2.22. The van der Waals surface area contributed by atoms with Crippen molar-refractivity contribution in [1.29, 1.82) is 0 Å². The molecule has 0 fully saturated rings. The summed E-state index contributed by atoms with van der Waals surface area (Å²) in [6.45, 7) is 1.31. The highest BCUT2D eigenvalue weighted by atomic mass is 32.2. The highest BCUT2D eigenvalue weighted by molar-refractivity contribution is 7.86. The Bertz CT molecular complexity index is 506. The van der Waals surface area contributed by atoms with Gasteiger partial charge >= 0.3 is 6.18 Å². The molecule has 96 valence electrons. The van der Waals surface area contributed by atoms with Crippen LogP contribution in [0.5, 0.6) is 0 Å². The van der Waals surface area contributed by atoms with Gasteiger partial charge in [-0.3, -0.25) is 4.18 Å². The normalized spacial score (nSPS) is 12.8. The molecule has 0 saturated heterocycles. The van der Waals surface area contributed by atoms with Crippen molar-refractivity contribution >= 4 is 10.1 Å². The number of aryl methyl sites for hydroxylation is 2. The Labute approximate surface area is 97.3 Å². The van der Waals surface area contributed by atoms with E-state index in [0.29, 0.717) is 11.1 Å². The predicted octanol–water partition coefficient (Wildman–Crippen LogP) is 2.57. The van der Waals surface area contributed by atoms with Gasteiger partial charge in [-0.25, -0.2) is 0 Å². The van der Waals surface area contributed by atoms with Crippen LogP contribution in [0.15, 0.2) is 23.1 Å². The maximum Gasteiger partial charge on any atom is 0.413 e. The molecule has 1 aromatic carbocycles. The van der Waals surface area contributed by atoms with Crippen molar-refractivity contribution in [2.45, 2.75) is 24.9 Å². The number of halogens is 3. The molecule has 0 N–H and O–H groups in total. The summed E-state index contributed by atoms with van der Waals surface area (Å²) in [6.07, 6.45) is -4.68. The van der Waals surface area contributed by atoms with E-state index in [2.05, 4.69) is 4.18 Å². The van der Waals surface area contributed by atoms with Gasteiger partial charge in [0.1, 0.15) is 0 Å². The third-order valence-electron chi connectivity index (χ3n) is 1.99.